The first-order valence-electron chi connectivity index (χ1n) is 3.61. The smallest absolute Gasteiger partial charge is 0.137 e. The Balaban J connectivity index is 2.52. The summed E-state index contributed by atoms with van der Waals surface area (Å²) in [5.74, 6) is 0. The van der Waals surface area contributed by atoms with Crippen LogP contribution in [0, 0.1) is 0 Å². The third kappa shape index (κ3) is 2.08. The highest BCUT2D eigenvalue weighted by molar-refractivity contribution is 9.10. The fourth-order valence-electron chi connectivity index (χ4n) is 0.977. The van der Waals surface area contributed by atoms with Crippen LogP contribution >= 0.6 is 50.5 Å². The van der Waals surface area contributed by atoms with E-state index in [0.717, 1.165) is 15.0 Å². The van der Waals surface area contributed by atoms with E-state index in [0.29, 0.717) is 9.49 Å². The molecule has 0 saturated heterocycles. The molecule has 1 aromatic heterocycles. The zero-order valence-corrected chi connectivity index (χ0v) is 10.6. The highest BCUT2D eigenvalue weighted by Gasteiger charge is 2.08. The quantitative estimate of drug-likeness (QED) is 0.786. The summed E-state index contributed by atoms with van der Waals surface area (Å²) >= 11 is 16.3. The topological polar surface area (TPSA) is 25.8 Å². The lowest BCUT2D eigenvalue weighted by Gasteiger charge is -1.99. The van der Waals surface area contributed by atoms with E-state index in [1.807, 2.05) is 12.1 Å². The molecule has 0 atom stereocenters. The first-order chi connectivity index (χ1) is 6.66. The summed E-state index contributed by atoms with van der Waals surface area (Å²) in [7, 11) is 0. The van der Waals surface area contributed by atoms with Gasteiger partial charge in [0.05, 0.1) is 0 Å². The van der Waals surface area contributed by atoms with E-state index in [1.54, 1.807) is 6.07 Å². The van der Waals surface area contributed by atoms with Crippen LogP contribution in [0.5, 0.6) is 0 Å². The number of nitrogens with zero attached hydrogens (tertiary/aromatic N) is 2. The molecule has 6 heteroatoms. The van der Waals surface area contributed by atoms with Crippen LogP contribution in [-0.4, -0.2) is 10.2 Å². The van der Waals surface area contributed by atoms with E-state index < -0.39 is 0 Å². The van der Waals surface area contributed by atoms with Gasteiger partial charge in [0.2, 0.25) is 4.47 Å². The molecule has 0 aliphatic rings. The third-order valence-corrected chi connectivity index (χ3v) is 3.51. The molecule has 1 aromatic carbocycles. The van der Waals surface area contributed by atoms with Crippen LogP contribution in [0.15, 0.2) is 22.7 Å². The van der Waals surface area contributed by atoms with Gasteiger partial charge < -0.3 is 0 Å². The van der Waals surface area contributed by atoms with Gasteiger partial charge in [-0.05, 0) is 29.8 Å². The number of hydrogen-bond acceptors (Lipinski definition) is 3. The van der Waals surface area contributed by atoms with Crippen molar-refractivity contribution in [1.29, 1.82) is 0 Å². The second-order valence-corrected chi connectivity index (χ2v) is 5.33. The van der Waals surface area contributed by atoms with Crippen molar-refractivity contribution in [2.75, 3.05) is 0 Å². The minimum Gasteiger partial charge on any atom is -0.137 e. The minimum absolute atomic E-state index is 0.432. The largest absolute Gasteiger partial charge is 0.207 e. The summed E-state index contributed by atoms with van der Waals surface area (Å²) in [5.41, 5.74) is 0.943. The third-order valence-electron chi connectivity index (χ3n) is 1.56. The predicted octanol–water partition coefficient (Wildman–Crippen LogP) is 4.27. The normalized spacial score (nSPS) is 10.5. The maximum Gasteiger partial charge on any atom is 0.207 e. The highest BCUT2D eigenvalue weighted by atomic mass is 79.9. The molecule has 2 aromatic rings. The molecule has 0 bridgehead atoms. The van der Waals surface area contributed by atoms with Crippen LogP contribution in [0.3, 0.4) is 0 Å². The molecule has 1 heterocycles. The lowest BCUT2D eigenvalue weighted by molar-refractivity contribution is 1.09. The zero-order valence-electron chi connectivity index (χ0n) is 6.67. The number of hydrogen-bond donors (Lipinski definition) is 0. The number of halogens is 3. The van der Waals surface area contributed by atoms with E-state index in [4.69, 9.17) is 23.2 Å². The summed E-state index contributed by atoms with van der Waals surface area (Å²) in [6.45, 7) is 0. The molecule has 2 rings (SSSR count). The SMILES string of the molecule is Clc1ccc(-c2nnc(Cl)s2)c(Br)c1. The molecular weight excluding hydrogens is 307 g/mol. The minimum atomic E-state index is 0.432. The molecular formula is C8H3BrCl2N2S. The Morgan fingerprint density at radius 2 is 2.00 bits per heavy atom. The first-order valence-corrected chi connectivity index (χ1v) is 5.98. The van der Waals surface area contributed by atoms with Gasteiger partial charge in [0, 0.05) is 15.1 Å². The second kappa shape index (κ2) is 4.14. The molecule has 0 aliphatic carbocycles. The number of aromatic nitrogens is 2. The molecule has 0 unspecified atom stereocenters. The summed E-state index contributed by atoms with van der Waals surface area (Å²) in [5, 5.41) is 9.13. The molecule has 72 valence electrons. The predicted molar refractivity (Wildman–Crippen MR) is 63.1 cm³/mol. The van der Waals surface area contributed by atoms with Crippen molar-refractivity contribution in [2.45, 2.75) is 0 Å². The van der Waals surface area contributed by atoms with Crippen molar-refractivity contribution in [2.24, 2.45) is 0 Å². The standard InChI is InChI=1S/C8H3BrCl2N2S/c9-6-3-4(10)1-2-5(6)7-12-13-8(11)14-7/h1-3H. The van der Waals surface area contributed by atoms with Crippen molar-refractivity contribution in [3.05, 3.63) is 32.2 Å². The van der Waals surface area contributed by atoms with Gasteiger partial charge in [-0.3, -0.25) is 0 Å². The Labute approximate surface area is 103 Å². The van der Waals surface area contributed by atoms with Crippen LogP contribution in [-0.2, 0) is 0 Å². The maximum absolute atomic E-state index is 5.82. The molecule has 0 fully saturated rings. The molecule has 0 radical (unpaired) electrons. The van der Waals surface area contributed by atoms with Gasteiger partial charge in [-0.15, -0.1) is 10.2 Å². The van der Waals surface area contributed by atoms with Crippen molar-refractivity contribution >= 4 is 50.5 Å². The first kappa shape index (κ1) is 10.4. The Morgan fingerprint density at radius 1 is 1.21 bits per heavy atom. The molecule has 0 spiro atoms. The monoisotopic (exact) mass is 308 g/mol. The number of benzene rings is 1. The van der Waals surface area contributed by atoms with E-state index in [-0.39, 0.29) is 0 Å². The average molecular weight is 310 g/mol. The van der Waals surface area contributed by atoms with Crippen LogP contribution < -0.4 is 0 Å². The van der Waals surface area contributed by atoms with Gasteiger partial charge in [0.25, 0.3) is 0 Å². The zero-order chi connectivity index (χ0) is 10.1. The van der Waals surface area contributed by atoms with Crippen LogP contribution in [0.1, 0.15) is 0 Å². The second-order valence-electron chi connectivity index (χ2n) is 2.48. The van der Waals surface area contributed by atoms with E-state index in [1.165, 1.54) is 11.3 Å². The molecule has 2 nitrogen and oxygen atoms in total. The summed E-state index contributed by atoms with van der Waals surface area (Å²) in [6, 6.07) is 5.49. The van der Waals surface area contributed by atoms with Gasteiger partial charge in [-0.1, -0.05) is 38.9 Å². The van der Waals surface area contributed by atoms with Gasteiger partial charge in [0.1, 0.15) is 5.01 Å². The Bertz CT molecular complexity index is 472. The fourth-order valence-corrected chi connectivity index (χ4v) is 2.85. The van der Waals surface area contributed by atoms with E-state index in [9.17, 15) is 0 Å². The number of rotatable bonds is 1. The van der Waals surface area contributed by atoms with Crippen LogP contribution in [0.4, 0.5) is 0 Å². The fraction of sp³-hybridized carbons (Fsp3) is 0. The Hall–Kier alpha value is -0.160. The Kier molecular flexibility index (Phi) is 3.07. The maximum atomic E-state index is 5.82. The van der Waals surface area contributed by atoms with Crippen molar-refractivity contribution in [1.82, 2.24) is 10.2 Å². The molecule has 0 N–H and O–H groups in total. The lowest BCUT2D eigenvalue weighted by atomic mass is 10.2. The Morgan fingerprint density at radius 3 is 2.57 bits per heavy atom. The van der Waals surface area contributed by atoms with Gasteiger partial charge in [0.15, 0.2) is 0 Å². The van der Waals surface area contributed by atoms with Gasteiger partial charge in [-0.2, -0.15) is 0 Å². The summed E-state index contributed by atoms with van der Waals surface area (Å²) in [6.07, 6.45) is 0. The molecule has 14 heavy (non-hydrogen) atoms. The van der Waals surface area contributed by atoms with E-state index >= 15 is 0 Å². The van der Waals surface area contributed by atoms with Crippen LogP contribution in [0.2, 0.25) is 9.49 Å². The summed E-state index contributed by atoms with van der Waals surface area (Å²) < 4.78 is 1.32. The van der Waals surface area contributed by atoms with Crippen molar-refractivity contribution < 1.29 is 0 Å². The van der Waals surface area contributed by atoms with Crippen molar-refractivity contribution in [3.63, 3.8) is 0 Å². The lowest BCUT2D eigenvalue weighted by Crippen LogP contribution is -1.78. The average Bonchev–Trinajstić information content (AvgIpc) is 2.51. The van der Waals surface area contributed by atoms with Gasteiger partial charge >= 0.3 is 0 Å². The molecule has 0 saturated carbocycles. The summed E-state index contributed by atoms with van der Waals surface area (Å²) in [4.78, 5) is 0. The highest BCUT2D eigenvalue weighted by Crippen LogP contribution is 2.33. The molecule has 0 amide bonds. The van der Waals surface area contributed by atoms with Gasteiger partial charge in [-0.25, -0.2) is 0 Å². The van der Waals surface area contributed by atoms with E-state index in [2.05, 4.69) is 26.1 Å². The van der Waals surface area contributed by atoms with Crippen molar-refractivity contribution in [3.8, 4) is 10.6 Å². The molecule has 0 aliphatic heterocycles. The van der Waals surface area contributed by atoms with Crippen LogP contribution in [0.25, 0.3) is 10.6 Å².